The van der Waals surface area contributed by atoms with E-state index in [0.717, 1.165) is 5.56 Å². The first kappa shape index (κ1) is 13.7. The summed E-state index contributed by atoms with van der Waals surface area (Å²) in [6, 6.07) is 7.22. The molecule has 0 unspecified atom stereocenters. The molecule has 0 saturated heterocycles. The lowest BCUT2D eigenvalue weighted by Gasteiger charge is -2.09. The maximum Gasteiger partial charge on any atom is 0.255 e. The van der Waals surface area contributed by atoms with E-state index in [-0.39, 0.29) is 6.79 Å². The van der Waals surface area contributed by atoms with E-state index in [2.05, 4.69) is 5.32 Å². The predicted octanol–water partition coefficient (Wildman–Crippen LogP) is 3.77. The predicted molar refractivity (Wildman–Crippen MR) is 76.7 cm³/mol. The standard InChI is InChI=1S/C15H11ClFNO3/c1-8-2-3-10(17)6-12(8)18-15(19)9-4-11(16)14-13(5-9)20-7-21-14/h2-6H,7H2,1H3,(H,18,19). The number of halogens is 2. The summed E-state index contributed by atoms with van der Waals surface area (Å²) in [5, 5.41) is 2.95. The molecule has 1 N–H and O–H groups in total. The van der Waals surface area contributed by atoms with Gasteiger partial charge in [-0.05, 0) is 36.8 Å². The molecule has 0 atom stereocenters. The van der Waals surface area contributed by atoms with E-state index in [0.29, 0.717) is 27.8 Å². The molecule has 2 aromatic rings. The van der Waals surface area contributed by atoms with Gasteiger partial charge in [-0.25, -0.2) is 4.39 Å². The van der Waals surface area contributed by atoms with Gasteiger partial charge in [0.2, 0.25) is 6.79 Å². The highest BCUT2D eigenvalue weighted by molar-refractivity contribution is 6.32. The minimum atomic E-state index is -0.417. The van der Waals surface area contributed by atoms with E-state index in [1.165, 1.54) is 24.3 Å². The van der Waals surface area contributed by atoms with Crippen molar-refractivity contribution in [3.63, 3.8) is 0 Å². The molecule has 0 saturated carbocycles. The van der Waals surface area contributed by atoms with Crippen LogP contribution >= 0.6 is 11.6 Å². The lowest BCUT2D eigenvalue weighted by atomic mass is 10.1. The minimum Gasteiger partial charge on any atom is -0.454 e. The summed E-state index contributed by atoms with van der Waals surface area (Å²) in [4.78, 5) is 12.2. The fraction of sp³-hybridized carbons (Fsp3) is 0.133. The molecule has 0 aromatic heterocycles. The second kappa shape index (κ2) is 5.26. The summed E-state index contributed by atoms with van der Waals surface area (Å²) in [6.07, 6.45) is 0. The highest BCUT2D eigenvalue weighted by atomic mass is 35.5. The lowest BCUT2D eigenvalue weighted by Crippen LogP contribution is -2.13. The summed E-state index contributed by atoms with van der Waals surface area (Å²) in [5.41, 5.74) is 1.48. The van der Waals surface area contributed by atoms with Crippen molar-refractivity contribution < 1.29 is 18.7 Å². The third kappa shape index (κ3) is 2.64. The first-order chi connectivity index (χ1) is 10.0. The molecule has 1 amide bonds. The van der Waals surface area contributed by atoms with Crippen LogP contribution in [0.15, 0.2) is 30.3 Å². The number of benzene rings is 2. The Bertz CT molecular complexity index is 733. The van der Waals surface area contributed by atoms with Crippen molar-refractivity contribution in [3.8, 4) is 11.5 Å². The van der Waals surface area contributed by atoms with E-state index >= 15 is 0 Å². The molecule has 0 fully saturated rings. The third-order valence-corrected chi connectivity index (χ3v) is 3.42. The number of anilines is 1. The Morgan fingerprint density at radius 1 is 1.29 bits per heavy atom. The van der Waals surface area contributed by atoms with Crippen LogP contribution < -0.4 is 14.8 Å². The number of hydrogen-bond acceptors (Lipinski definition) is 3. The monoisotopic (exact) mass is 307 g/mol. The maximum atomic E-state index is 13.2. The van der Waals surface area contributed by atoms with Crippen LogP contribution in [0.25, 0.3) is 0 Å². The second-order valence-electron chi connectivity index (χ2n) is 4.61. The number of carbonyl (C=O) groups is 1. The van der Waals surface area contributed by atoms with E-state index in [1.807, 2.05) is 0 Å². The normalized spacial score (nSPS) is 12.3. The molecule has 2 aromatic carbocycles. The first-order valence-corrected chi connectivity index (χ1v) is 6.59. The Kier molecular flexibility index (Phi) is 3.43. The van der Waals surface area contributed by atoms with Crippen molar-refractivity contribution >= 4 is 23.2 Å². The number of carbonyl (C=O) groups excluding carboxylic acids is 1. The van der Waals surface area contributed by atoms with Crippen LogP contribution in [0.5, 0.6) is 11.5 Å². The largest absolute Gasteiger partial charge is 0.454 e. The van der Waals surface area contributed by atoms with Crippen molar-refractivity contribution in [2.75, 3.05) is 12.1 Å². The Labute approximate surface area is 125 Å². The molecule has 1 aliphatic heterocycles. The molecule has 1 heterocycles. The van der Waals surface area contributed by atoms with Gasteiger partial charge in [-0.15, -0.1) is 0 Å². The molecule has 0 spiro atoms. The fourth-order valence-corrected chi connectivity index (χ4v) is 2.29. The zero-order valence-corrected chi connectivity index (χ0v) is 11.8. The van der Waals surface area contributed by atoms with E-state index < -0.39 is 11.7 Å². The summed E-state index contributed by atoms with van der Waals surface area (Å²) >= 11 is 6.03. The molecular weight excluding hydrogens is 297 g/mol. The first-order valence-electron chi connectivity index (χ1n) is 6.21. The molecule has 6 heteroatoms. The van der Waals surface area contributed by atoms with Gasteiger partial charge in [0.25, 0.3) is 5.91 Å². The van der Waals surface area contributed by atoms with Gasteiger partial charge in [-0.2, -0.15) is 0 Å². The molecule has 0 aliphatic carbocycles. The van der Waals surface area contributed by atoms with Gasteiger partial charge < -0.3 is 14.8 Å². The average Bonchev–Trinajstić information content (AvgIpc) is 2.91. The zero-order chi connectivity index (χ0) is 15.0. The molecule has 1 aliphatic rings. The SMILES string of the molecule is Cc1ccc(F)cc1NC(=O)c1cc(Cl)c2c(c1)OCO2. The summed E-state index contributed by atoms with van der Waals surface area (Å²) in [6.45, 7) is 1.85. The number of rotatable bonds is 2. The second-order valence-corrected chi connectivity index (χ2v) is 5.01. The highest BCUT2D eigenvalue weighted by Crippen LogP contribution is 2.39. The van der Waals surface area contributed by atoms with Gasteiger partial charge in [0.05, 0.1) is 5.02 Å². The Hall–Kier alpha value is -2.27. The number of fused-ring (bicyclic) bond motifs is 1. The van der Waals surface area contributed by atoms with Crippen LogP contribution in [-0.2, 0) is 0 Å². The fourth-order valence-electron chi connectivity index (χ4n) is 2.02. The van der Waals surface area contributed by atoms with Gasteiger partial charge in [-0.1, -0.05) is 17.7 Å². The third-order valence-electron chi connectivity index (χ3n) is 3.14. The minimum absolute atomic E-state index is 0.0725. The molecule has 4 nitrogen and oxygen atoms in total. The molecule has 0 bridgehead atoms. The molecule has 108 valence electrons. The molecule has 21 heavy (non-hydrogen) atoms. The van der Waals surface area contributed by atoms with Crippen LogP contribution in [0.2, 0.25) is 5.02 Å². The zero-order valence-electron chi connectivity index (χ0n) is 11.1. The van der Waals surface area contributed by atoms with Crippen molar-refractivity contribution in [1.82, 2.24) is 0 Å². The Morgan fingerprint density at radius 3 is 2.90 bits per heavy atom. The Morgan fingerprint density at radius 2 is 2.10 bits per heavy atom. The number of aryl methyl sites for hydroxylation is 1. The number of amides is 1. The molecule has 0 radical (unpaired) electrons. The average molecular weight is 308 g/mol. The van der Waals surface area contributed by atoms with Gasteiger partial charge in [0.1, 0.15) is 5.82 Å². The summed E-state index contributed by atoms with van der Waals surface area (Å²) < 4.78 is 23.6. The van der Waals surface area contributed by atoms with E-state index in [9.17, 15) is 9.18 Å². The van der Waals surface area contributed by atoms with Crippen molar-refractivity contribution in [1.29, 1.82) is 0 Å². The van der Waals surface area contributed by atoms with Gasteiger partial charge in [0.15, 0.2) is 11.5 Å². The summed E-state index contributed by atoms with van der Waals surface area (Å²) in [5.74, 6) is 0.0299. The smallest absolute Gasteiger partial charge is 0.255 e. The van der Waals surface area contributed by atoms with Crippen molar-refractivity contribution in [3.05, 3.63) is 52.3 Å². The van der Waals surface area contributed by atoms with E-state index in [4.69, 9.17) is 21.1 Å². The lowest BCUT2D eigenvalue weighted by molar-refractivity contribution is 0.102. The van der Waals surface area contributed by atoms with Gasteiger partial charge in [0, 0.05) is 11.3 Å². The number of nitrogens with one attached hydrogen (secondary N) is 1. The van der Waals surface area contributed by atoms with Crippen LogP contribution in [0.4, 0.5) is 10.1 Å². The van der Waals surface area contributed by atoms with Gasteiger partial charge >= 0.3 is 0 Å². The van der Waals surface area contributed by atoms with E-state index in [1.54, 1.807) is 13.0 Å². The highest BCUT2D eigenvalue weighted by Gasteiger charge is 2.21. The number of ether oxygens (including phenoxy) is 2. The summed E-state index contributed by atoms with van der Waals surface area (Å²) in [7, 11) is 0. The molecule has 3 rings (SSSR count). The van der Waals surface area contributed by atoms with Crippen LogP contribution in [0.1, 0.15) is 15.9 Å². The topological polar surface area (TPSA) is 47.6 Å². The maximum absolute atomic E-state index is 13.2. The van der Waals surface area contributed by atoms with Crippen molar-refractivity contribution in [2.45, 2.75) is 6.92 Å². The number of hydrogen-bond donors (Lipinski definition) is 1. The van der Waals surface area contributed by atoms with Gasteiger partial charge in [-0.3, -0.25) is 4.79 Å². The quantitative estimate of drug-likeness (QED) is 0.918. The van der Waals surface area contributed by atoms with Crippen molar-refractivity contribution in [2.24, 2.45) is 0 Å². The molecular formula is C15H11ClFNO3. The van der Waals surface area contributed by atoms with Crippen LogP contribution in [-0.4, -0.2) is 12.7 Å². The van der Waals surface area contributed by atoms with Crippen LogP contribution in [0.3, 0.4) is 0 Å². The Balaban J connectivity index is 1.89. The van der Waals surface area contributed by atoms with Crippen LogP contribution in [0, 0.1) is 12.7 Å².